The molecule has 0 bridgehead atoms. The Morgan fingerprint density at radius 3 is 2.43 bits per heavy atom. The van der Waals surface area contributed by atoms with Gasteiger partial charge >= 0.3 is 0 Å². The third kappa shape index (κ3) is 3.54. The van der Waals surface area contributed by atoms with E-state index in [1.165, 1.54) is 7.11 Å². The van der Waals surface area contributed by atoms with E-state index in [4.69, 9.17) is 14.7 Å². The SMILES string of the molecule is COc1cc(C#N)ccc1Oc1ccc([C@H](C)O)cc1Br. The summed E-state index contributed by atoms with van der Waals surface area (Å²) in [5, 5.41) is 18.4. The number of benzene rings is 2. The molecule has 4 nitrogen and oxygen atoms in total. The van der Waals surface area contributed by atoms with E-state index in [9.17, 15) is 5.11 Å². The molecule has 0 spiro atoms. The molecule has 0 aliphatic rings. The minimum atomic E-state index is -0.542. The van der Waals surface area contributed by atoms with Crippen molar-refractivity contribution < 1.29 is 14.6 Å². The van der Waals surface area contributed by atoms with Crippen LogP contribution in [0.2, 0.25) is 0 Å². The van der Waals surface area contributed by atoms with Crippen molar-refractivity contribution in [2.75, 3.05) is 7.11 Å². The Morgan fingerprint density at radius 2 is 1.86 bits per heavy atom. The molecule has 0 amide bonds. The van der Waals surface area contributed by atoms with E-state index in [1.54, 1.807) is 43.3 Å². The standard InChI is InChI=1S/C16H14BrNO3/c1-10(19)12-4-6-14(13(17)8-12)21-15-5-3-11(9-18)7-16(15)20-2/h3-8,10,19H,1-2H3/t10-/m0/s1. The molecule has 0 aliphatic heterocycles. The van der Waals surface area contributed by atoms with E-state index in [0.29, 0.717) is 22.8 Å². The van der Waals surface area contributed by atoms with E-state index in [0.717, 1.165) is 10.0 Å². The lowest BCUT2D eigenvalue weighted by atomic mass is 10.1. The maximum absolute atomic E-state index is 9.56. The summed E-state index contributed by atoms with van der Waals surface area (Å²) in [6, 6.07) is 12.4. The zero-order valence-electron chi connectivity index (χ0n) is 11.6. The predicted molar refractivity (Wildman–Crippen MR) is 82.6 cm³/mol. The Labute approximate surface area is 131 Å². The van der Waals surface area contributed by atoms with Gasteiger partial charge in [-0.25, -0.2) is 0 Å². The highest BCUT2D eigenvalue weighted by molar-refractivity contribution is 9.10. The quantitative estimate of drug-likeness (QED) is 0.901. The number of nitriles is 1. The average molecular weight is 348 g/mol. The van der Waals surface area contributed by atoms with Crippen LogP contribution in [0.5, 0.6) is 17.2 Å². The molecule has 2 aromatic rings. The van der Waals surface area contributed by atoms with Crippen molar-refractivity contribution in [2.45, 2.75) is 13.0 Å². The van der Waals surface area contributed by atoms with Crippen LogP contribution in [-0.4, -0.2) is 12.2 Å². The van der Waals surface area contributed by atoms with Gasteiger partial charge < -0.3 is 14.6 Å². The van der Waals surface area contributed by atoms with Gasteiger partial charge in [-0.05, 0) is 52.7 Å². The molecule has 21 heavy (non-hydrogen) atoms. The predicted octanol–water partition coefficient (Wildman–Crippen LogP) is 4.17. The zero-order chi connectivity index (χ0) is 15.4. The molecule has 0 aromatic heterocycles. The van der Waals surface area contributed by atoms with E-state index < -0.39 is 6.10 Å². The summed E-state index contributed by atoms with van der Waals surface area (Å²) < 4.78 is 11.8. The maximum Gasteiger partial charge on any atom is 0.169 e. The summed E-state index contributed by atoms with van der Waals surface area (Å²) in [6.45, 7) is 1.70. The summed E-state index contributed by atoms with van der Waals surface area (Å²) in [5.74, 6) is 1.60. The summed E-state index contributed by atoms with van der Waals surface area (Å²) in [7, 11) is 1.52. The summed E-state index contributed by atoms with van der Waals surface area (Å²) in [5.41, 5.74) is 1.30. The van der Waals surface area contributed by atoms with Crippen LogP contribution >= 0.6 is 15.9 Å². The first-order valence-corrected chi connectivity index (χ1v) is 7.08. The minimum absolute atomic E-state index is 0.487. The van der Waals surface area contributed by atoms with Gasteiger partial charge in [0.2, 0.25) is 0 Å². The van der Waals surface area contributed by atoms with Crippen LogP contribution < -0.4 is 9.47 Å². The number of hydrogen-bond donors (Lipinski definition) is 1. The Morgan fingerprint density at radius 1 is 1.14 bits per heavy atom. The minimum Gasteiger partial charge on any atom is -0.493 e. The fraction of sp³-hybridized carbons (Fsp3) is 0.188. The average Bonchev–Trinajstić information content (AvgIpc) is 2.49. The fourth-order valence-corrected chi connectivity index (χ4v) is 2.28. The molecule has 0 aliphatic carbocycles. The van der Waals surface area contributed by atoms with Crippen molar-refractivity contribution in [1.82, 2.24) is 0 Å². The molecule has 1 atom stereocenters. The van der Waals surface area contributed by atoms with Crippen LogP contribution in [0.25, 0.3) is 0 Å². The molecular formula is C16H14BrNO3. The number of aliphatic hydroxyl groups is 1. The van der Waals surface area contributed by atoms with Crippen molar-refractivity contribution in [3.63, 3.8) is 0 Å². The molecule has 0 fully saturated rings. The Hall–Kier alpha value is -2.03. The van der Waals surface area contributed by atoms with E-state index in [-0.39, 0.29) is 0 Å². The van der Waals surface area contributed by atoms with Crippen molar-refractivity contribution in [3.05, 3.63) is 52.0 Å². The second-order valence-corrected chi connectivity index (χ2v) is 5.30. The first-order chi connectivity index (χ1) is 10.0. The van der Waals surface area contributed by atoms with Crippen molar-refractivity contribution in [2.24, 2.45) is 0 Å². The molecule has 1 N–H and O–H groups in total. The molecule has 2 rings (SSSR count). The number of nitrogens with zero attached hydrogens (tertiary/aromatic N) is 1. The van der Waals surface area contributed by atoms with Crippen molar-refractivity contribution >= 4 is 15.9 Å². The van der Waals surface area contributed by atoms with Gasteiger partial charge in [0.05, 0.1) is 29.3 Å². The van der Waals surface area contributed by atoms with Crippen LogP contribution in [-0.2, 0) is 0 Å². The topological polar surface area (TPSA) is 62.5 Å². The highest BCUT2D eigenvalue weighted by Crippen LogP contribution is 2.36. The monoisotopic (exact) mass is 347 g/mol. The van der Waals surface area contributed by atoms with Crippen LogP contribution in [0, 0.1) is 11.3 Å². The van der Waals surface area contributed by atoms with Gasteiger partial charge in [0.25, 0.3) is 0 Å². The molecule has 108 valence electrons. The first kappa shape index (κ1) is 15.4. The molecule has 0 saturated heterocycles. The molecule has 0 saturated carbocycles. The third-order valence-electron chi connectivity index (χ3n) is 2.95. The lowest BCUT2D eigenvalue weighted by molar-refractivity contribution is 0.199. The van der Waals surface area contributed by atoms with Gasteiger partial charge in [0, 0.05) is 6.07 Å². The van der Waals surface area contributed by atoms with E-state index in [2.05, 4.69) is 22.0 Å². The normalized spacial score (nSPS) is 11.6. The Bertz CT molecular complexity index is 692. The lowest BCUT2D eigenvalue weighted by Crippen LogP contribution is -1.94. The van der Waals surface area contributed by atoms with E-state index >= 15 is 0 Å². The number of aliphatic hydroxyl groups excluding tert-OH is 1. The number of halogens is 1. The summed E-state index contributed by atoms with van der Waals surface area (Å²) >= 11 is 3.42. The van der Waals surface area contributed by atoms with E-state index in [1.807, 2.05) is 0 Å². The number of rotatable bonds is 4. The third-order valence-corrected chi connectivity index (χ3v) is 3.57. The summed E-state index contributed by atoms with van der Waals surface area (Å²) in [4.78, 5) is 0. The first-order valence-electron chi connectivity index (χ1n) is 6.28. The second-order valence-electron chi connectivity index (χ2n) is 4.45. The van der Waals surface area contributed by atoms with Crippen molar-refractivity contribution in [1.29, 1.82) is 5.26 Å². The Kier molecular flexibility index (Phi) is 4.84. The van der Waals surface area contributed by atoms with Crippen LogP contribution in [0.4, 0.5) is 0 Å². The highest BCUT2D eigenvalue weighted by atomic mass is 79.9. The van der Waals surface area contributed by atoms with Crippen molar-refractivity contribution in [3.8, 4) is 23.3 Å². The molecule has 0 radical (unpaired) electrons. The number of ether oxygens (including phenoxy) is 2. The second kappa shape index (κ2) is 6.61. The fourth-order valence-electron chi connectivity index (χ4n) is 1.80. The lowest BCUT2D eigenvalue weighted by Gasteiger charge is -2.13. The van der Waals surface area contributed by atoms with Gasteiger partial charge in [0.15, 0.2) is 11.5 Å². The van der Waals surface area contributed by atoms with Gasteiger partial charge in [-0.2, -0.15) is 5.26 Å². The number of methoxy groups -OCH3 is 1. The maximum atomic E-state index is 9.56. The molecular weight excluding hydrogens is 334 g/mol. The van der Waals surface area contributed by atoms with Gasteiger partial charge in [0.1, 0.15) is 5.75 Å². The smallest absolute Gasteiger partial charge is 0.169 e. The molecule has 2 aromatic carbocycles. The number of hydrogen-bond acceptors (Lipinski definition) is 4. The largest absolute Gasteiger partial charge is 0.493 e. The highest BCUT2D eigenvalue weighted by Gasteiger charge is 2.11. The van der Waals surface area contributed by atoms with Crippen LogP contribution in [0.1, 0.15) is 24.2 Å². The summed E-state index contributed by atoms with van der Waals surface area (Å²) in [6.07, 6.45) is -0.542. The van der Waals surface area contributed by atoms with Crippen LogP contribution in [0.3, 0.4) is 0 Å². The molecule has 5 heteroatoms. The zero-order valence-corrected chi connectivity index (χ0v) is 13.2. The van der Waals surface area contributed by atoms with Gasteiger partial charge in [-0.3, -0.25) is 0 Å². The van der Waals surface area contributed by atoms with Gasteiger partial charge in [-0.15, -0.1) is 0 Å². The molecule has 0 unspecified atom stereocenters. The Balaban J connectivity index is 2.32. The molecule has 0 heterocycles. The van der Waals surface area contributed by atoms with Crippen LogP contribution in [0.15, 0.2) is 40.9 Å². The van der Waals surface area contributed by atoms with Gasteiger partial charge in [-0.1, -0.05) is 6.07 Å².